The zero-order valence-electron chi connectivity index (χ0n) is 15.6. The number of thioether (sulfide) groups is 1. The minimum atomic E-state index is -0.528. The largest absolute Gasteiger partial charge is 0.325 e. The van der Waals surface area contributed by atoms with Crippen LogP contribution in [-0.4, -0.2) is 38.9 Å². The second kappa shape index (κ2) is 8.34. The number of nitrogens with one attached hydrogen (secondary N) is 1. The number of aromatic nitrogens is 3. The normalized spacial score (nSPS) is 13.9. The Kier molecular flexibility index (Phi) is 5.63. The monoisotopic (exact) mass is 431 g/mol. The molecule has 1 aromatic carbocycles. The van der Waals surface area contributed by atoms with Gasteiger partial charge in [-0.15, -0.1) is 21.5 Å². The first-order chi connectivity index (χ1) is 14.0. The van der Waals surface area contributed by atoms with E-state index in [2.05, 4.69) is 15.5 Å². The summed E-state index contributed by atoms with van der Waals surface area (Å²) >= 11 is 2.83. The summed E-state index contributed by atoms with van der Waals surface area (Å²) in [4.78, 5) is 26.5. The lowest BCUT2D eigenvalue weighted by molar-refractivity contribution is -0.117. The van der Waals surface area contributed by atoms with Gasteiger partial charge in [-0.1, -0.05) is 17.8 Å². The molecule has 1 fully saturated rings. The Morgan fingerprint density at radius 2 is 2.21 bits per heavy atom. The van der Waals surface area contributed by atoms with Crippen LogP contribution in [0.1, 0.15) is 12.8 Å². The highest BCUT2D eigenvalue weighted by Gasteiger charge is 2.24. The smallest absolute Gasteiger partial charge is 0.234 e. The summed E-state index contributed by atoms with van der Waals surface area (Å²) in [5.74, 6) is -0.0240. The number of anilines is 2. The zero-order valence-corrected chi connectivity index (χ0v) is 17.2. The van der Waals surface area contributed by atoms with Crippen molar-refractivity contribution < 1.29 is 14.0 Å². The quantitative estimate of drug-likeness (QED) is 0.604. The van der Waals surface area contributed by atoms with Gasteiger partial charge in [0.15, 0.2) is 11.0 Å². The van der Waals surface area contributed by atoms with Crippen molar-refractivity contribution in [1.29, 1.82) is 0 Å². The molecule has 150 valence electrons. The van der Waals surface area contributed by atoms with Gasteiger partial charge < -0.3 is 14.8 Å². The SMILES string of the molecule is Cn1c(SCC(=O)Nc2ccc(N3CCCC3=O)c(F)c2)nnc1-c1cccs1. The van der Waals surface area contributed by atoms with Crippen LogP contribution in [0, 0.1) is 5.82 Å². The Morgan fingerprint density at radius 3 is 2.90 bits per heavy atom. The van der Waals surface area contributed by atoms with Crippen LogP contribution in [0.25, 0.3) is 10.7 Å². The minimum absolute atomic E-state index is 0.0809. The number of rotatable bonds is 6. The van der Waals surface area contributed by atoms with Gasteiger partial charge in [-0.05, 0) is 36.1 Å². The first-order valence-electron chi connectivity index (χ1n) is 8.99. The van der Waals surface area contributed by atoms with Crippen LogP contribution in [-0.2, 0) is 16.6 Å². The molecule has 1 aliphatic heterocycles. The highest BCUT2D eigenvalue weighted by atomic mass is 32.2. The van der Waals surface area contributed by atoms with Crippen LogP contribution < -0.4 is 10.2 Å². The van der Waals surface area contributed by atoms with E-state index in [1.165, 1.54) is 28.8 Å². The van der Waals surface area contributed by atoms with Crippen LogP contribution in [0.2, 0.25) is 0 Å². The molecule has 0 spiro atoms. The number of hydrogen-bond donors (Lipinski definition) is 1. The molecule has 4 rings (SSSR count). The summed E-state index contributed by atoms with van der Waals surface area (Å²) in [6.07, 6.45) is 1.16. The predicted octanol–water partition coefficient (Wildman–Crippen LogP) is 3.54. The molecular weight excluding hydrogens is 413 g/mol. The summed E-state index contributed by atoms with van der Waals surface area (Å²) in [5, 5.41) is 13.6. The van der Waals surface area contributed by atoms with Gasteiger partial charge in [0.05, 0.1) is 16.3 Å². The van der Waals surface area contributed by atoms with Gasteiger partial charge >= 0.3 is 0 Å². The maximum atomic E-state index is 14.4. The number of hydrogen-bond acceptors (Lipinski definition) is 6. The maximum Gasteiger partial charge on any atom is 0.234 e. The van der Waals surface area contributed by atoms with Crippen LogP contribution in [0.4, 0.5) is 15.8 Å². The molecule has 0 bridgehead atoms. The fourth-order valence-electron chi connectivity index (χ4n) is 3.09. The lowest BCUT2D eigenvalue weighted by atomic mass is 10.2. The zero-order chi connectivity index (χ0) is 20.4. The molecule has 2 aromatic heterocycles. The number of carbonyl (C=O) groups excluding carboxylic acids is 2. The topological polar surface area (TPSA) is 80.1 Å². The van der Waals surface area contributed by atoms with E-state index in [-0.39, 0.29) is 23.3 Å². The second-order valence-electron chi connectivity index (χ2n) is 6.49. The molecule has 0 unspecified atom stereocenters. The van der Waals surface area contributed by atoms with Gasteiger partial charge in [-0.25, -0.2) is 4.39 Å². The molecule has 10 heteroatoms. The summed E-state index contributed by atoms with van der Waals surface area (Å²) in [7, 11) is 1.85. The Bertz CT molecular complexity index is 1050. The van der Waals surface area contributed by atoms with E-state index in [9.17, 15) is 14.0 Å². The number of nitrogens with zero attached hydrogens (tertiary/aromatic N) is 4. The molecule has 1 aliphatic rings. The third-order valence-electron chi connectivity index (χ3n) is 4.50. The second-order valence-corrected chi connectivity index (χ2v) is 8.38. The Morgan fingerprint density at radius 1 is 1.34 bits per heavy atom. The van der Waals surface area contributed by atoms with E-state index in [0.717, 1.165) is 17.1 Å². The highest BCUT2D eigenvalue weighted by molar-refractivity contribution is 7.99. The number of amides is 2. The average molecular weight is 432 g/mol. The van der Waals surface area contributed by atoms with Gasteiger partial charge in [-0.3, -0.25) is 9.59 Å². The van der Waals surface area contributed by atoms with Crippen molar-refractivity contribution in [1.82, 2.24) is 14.8 Å². The molecule has 1 saturated heterocycles. The molecule has 0 saturated carbocycles. The van der Waals surface area contributed by atoms with Crippen molar-refractivity contribution in [2.24, 2.45) is 7.05 Å². The molecule has 0 atom stereocenters. The van der Waals surface area contributed by atoms with Crippen molar-refractivity contribution in [2.75, 3.05) is 22.5 Å². The summed E-state index contributed by atoms with van der Waals surface area (Å²) < 4.78 is 16.2. The Labute approximate surface area is 174 Å². The summed E-state index contributed by atoms with van der Waals surface area (Å²) in [6.45, 7) is 0.517. The third kappa shape index (κ3) is 4.18. The molecule has 2 amide bonds. The minimum Gasteiger partial charge on any atom is -0.325 e. The molecule has 0 radical (unpaired) electrons. The molecule has 7 nitrogen and oxygen atoms in total. The van der Waals surface area contributed by atoms with Crippen LogP contribution in [0.3, 0.4) is 0 Å². The first kappa shape index (κ1) is 19.6. The van der Waals surface area contributed by atoms with Crippen molar-refractivity contribution in [3.05, 3.63) is 41.5 Å². The molecular formula is C19H18FN5O2S2. The van der Waals surface area contributed by atoms with Gasteiger partial charge in [0.1, 0.15) is 5.82 Å². The maximum absolute atomic E-state index is 14.4. The first-order valence-corrected chi connectivity index (χ1v) is 10.9. The number of carbonyl (C=O) groups is 2. The fourth-order valence-corrected chi connectivity index (χ4v) is 4.55. The number of benzene rings is 1. The van der Waals surface area contributed by atoms with E-state index in [0.29, 0.717) is 23.8 Å². The lowest BCUT2D eigenvalue weighted by Crippen LogP contribution is -2.24. The standard InChI is InChI=1S/C19H18FN5O2S2/c1-24-18(15-4-3-9-28-15)22-23-19(24)29-11-16(26)21-12-6-7-14(13(20)10-12)25-8-2-5-17(25)27/h3-4,6-7,9-10H,2,5,8,11H2,1H3,(H,21,26). The van der Waals surface area contributed by atoms with Crippen LogP contribution >= 0.6 is 23.1 Å². The molecule has 3 aromatic rings. The van der Waals surface area contributed by atoms with E-state index in [4.69, 9.17) is 0 Å². The van der Waals surface area contributed by atoms with Crippen molar-refractivity contribution in [3.8, 4) is 10.7 Å². The van der Waals surface area contributed by atoms with Crippen LogP contribution in [0.5, 0.6) is 0 Å². The summed E-state index contributed by atoms with van der Waals surface area (Å²) in [5.41, 5.74) is 0.598. The van der Waals surface area contributed by atoms with E-state index < -0.39 is 5.82 Å². The van der Waals surface area contributed by atoms with Gasteiger partial charge in [0, 0.05) is 25.7 Å². The molecule has 0 aliphatic carbocycles. The predicted molar refractivity (Wildman–Crippen MR) is 112 cm³/mol. The van der Waals surface area contributed by atoms with E-state index >= 15 is 0 Å². The highest BCUT2D eigenvalue weighted by Crippen LogP contribution is 2.28. The van der Waals surface area contributed by atoms with Gasteiger partial charge in [0.2, 0.25) is 11.8 Å². The molecule has 3 heterocycles. The van der Waals surface area contributed by atoms with Crippen molar-refractivity contribution in [3.63, 3.8) is 0 Å². The van der Waals surface area contributed by atoms with Gasteiger partial charge in [0.25, 0.3) is 0 Å². The lowest BCUT2D eigenvalue weighted by Gasteiger charge is -2.17. The number of thiophene rings is 1. The third-order valence-corrected chi connectivity index (χ3v) is 6.39. The Hall–Kier alpha value is -2.72. The molecule has 1 N–H and O–H groups in total. The Balaban J connectivity index is 1.37. The van der Waals surface area contributed by atoms with Crippen molar-refractivity contribution >= 4 is 46.3 Å². The van der Waals surface area contributed by atoms with Crippen molar-refractivity contribution in [2.45, 2.75) is 18.0 Å². The van der Waals surface area contributed by atoms with Gasteiger partial charge in [-0.2, -0.15) is 0 Å². The van der Waals surface area contributed by atoms with E-state index in [1.807, 2.05) is 29.1 Å². The van der Waals surface area contributed by atoms with E-state index in [1.54, 1.807) is 17.4 Å². The summed E-state index contributed by atoms with van der Waals surface area (Å²) in [6, 6.07) is 8.27. The number of halogens is 1. The molecule has 29 heavy (non-hydrogen) atoms. The van der Waals surface area contributed by atoms with Crippen LogP contribution in [0.15, 0.2) is 40.9 Å². The fraction of sp³-hybridized carbons (Fsp3) is 0.263. The average Bonchev–Trinajstić information content (AvgIpc) is 3.42.